The summed E-state index contributed by atoms with van der Waals surface area (Å²) in [5.41, 5.74) is 2.60. The number of amides is 4. The normalized spacial score (nSPS) is 13.0. The number of urea groups is 1. The highest BCUT2D eigenvalue weighted by atomic mass is 16.7. The van der Waals surface area contributed by atoms with E-state index in [1.807, 2.05) is 63.2 Å². The summed E-state index contributed by atoms with van der Waals surface area (Å²) in [6.07, 6.45) is -1.16. The van der Waals surface area contributed by atoms with Gasteiger partial charge in [-0.15, -0.1) is 0 Å². The second-order valence-corrected chi connectivity index (χ2v) is 11.4. The zero-order valence-corrected chi connectivity index (χ0v) is 27.3. The van der Waals surface area contributed by atoms with Gasteiger partial charge in [0.2, 0.25) is 11.8 Å². The summed E-state index contributed by atoms with van der Waals surface area (Å²) >= 11 is 0. The van der Waals surface area contributed by atoms with E-state index in [4.69, 9.17) is 14.2 Å². The number of esters is 1. The van der Waals surface area contributed by atoms with E-state index in [9.17, 15) is 19.2 Å². The van der Waals surface area contributed by atoms with Gasteiger partial charge in [0.05, 0.1) is 19.0 Å². The van der Waals surface area contributed by atoms with E-state index in [0.717, 1.165) is 16.3 Å². The number of rotatable bonds is 16. The molecule has 0 bridgehead atoms. The Labute approximate surface area is 260 Å². The van der Waals surface area contributed by atoms with E-state index in [1.165, 1.54) is 12.1 Å². The van der Waals surface area contributed by atoms with Crippen molar-refractivity contribution in [2.24, 2.45) is 0 Å². The molecule has 2 aromatic rings. The molecule has 0 aliphatic rings. The molecule has 3 N–H and O–H groups in total. The van der Waals surface area contributed by atoms with Crippen molar-refractivity contribution in [2.45, 2.75) is 85.4 Å². The molecule has 44 heavy (non-hydrogen) atoms. The van der Waals surface area contributed by atoms with Crippen molar-refractivity contribution in [2.75, 3.05) is 33.4 Å². The van der Waals surface area contributed by atoms with Crippen LogP contribution in [-0.4, -0.2) is 91.0 Å². The van der Waals surface area contributed by atoms with Crippen molar-refractivity contribution in [1.82, 2.24) is 26.0 Å². The first-order valence-corrected chi connectivity index (χ1v) is 15.1. The van der Waals surface area contributed by atoms with Gasteiger partial charge in [0.15, 0.2) is 6.29 Å². The quantitative estimate of drug-likeness (QED) is 0.149. The van der Waals surface area contributed by atoms with Crippen LogP contribution in [0.4, 0.5) is 4.79 Å². The van der Waals surface area contributed by atoms with Crippen LogP contribution in [0.25, 0.3) is 10.8 Å². The number of nitrogens with zero attached hydrogens (tertiary/aromatic N) is 2. The zero-order chi connectivity index (χ0) is 32.9. The Morgan fingerprint density at radius 1 is 0.932 bits per heavy atom. The van der Waals surface area contributed by atoms with E-state index >= 15 is 0 Å². The minimum Gasteiger partial charge on any atom is -0.460 e. The summed E-state index contributed by atoms with van der Waals surface area (Å²) in [5, 5.41) is 8.55. The highest BCUT2D eigenvalue weighted by molar-refractivity contribution is 5.92. The van der Waals surface area contributed by atoms with Gasteiger partial charge in [-0.05, 0) is 64.8 Å². The number of nitrogens with one attached hydrogen (secondary N) is 3. The number of ether oxygens (including phenoxy) is 3. The largest absolute Gasteiger partial charge is 0.460 e. The third kappa shape index (κ3) is 11.7. The maximum atomic E-state index is 14.4. The zero-order valence-electron chi connectivity index (χ0n) is 27.3. The van der Waals surface area contributed by atoms with Gasteiger partial charge in [0.1, 0.15) is 11.6 Å². The number of hydrogen-bond acceptors (Lipinski definition) is 8. The highest BCUT2D eigenvalue weighted by Crippen LogP contribution is 2.23. The van der Waals surface area contributed by atoms with Crippen molar-refractivity contribution >= 4 is 34.6 Å². The van der Waals surface area contributed by atoms with Crippen LogP contribution >= 0.6 is 0 Å². The van der Waals surface area contributed by atoms with Crippen molar-refractivity contribution in [3.8, 4) is 0 Å². The molecule has 0 spiro atoms. The minimum absolute atomic E-state index is 0.164. The lowest BCUT2D eigenvalue weighted by Gasteiger charge is -2.37. The average molecular weight is 616 g/mol. The Morgan fingerprint density at radius 3 is 2.18 bits per heavy atom. The van der Waals surface area contributed by atoms with Crippen molar-refractivity contribution < 1.29 is 33.4 Å². The molecular weight excluding hydrogens is 566 g/mol. The predicted molar refractivity (Wildman–Crippen MR) is 168 cm³/mol. The summed E-state index contributed by atoms with van der Waals surface area (Å²) in [4.78, 5) is 54.0. The van der Waals surface area contributed by atoms with Crippen LogP contribution in [0.5, 0.6) is 0 Å². The molecule has 12 heteroatoms. The first-order chi connectivity index (χ1) is 20.8. The molecule has 244 valence electrons. The van der Waals surface area contributed by atoms with Gasteiger partial charge in [0, 0.05) is 33.4 Å². The molecule has 0 saturated heterocycles. The number of benzene rings is 2. The van der Waals surface area contributed by atoms with Crippen LogP contribution in [0.3, 0.4) is 0 Å². The Morgan fingerprint density at radius 2 is 1.57 bits per heavy atom. The van der Waals surface area contributed by atoms with Gasteiger partial charge < -0.3 is 29.7 Å². The number of hydrogen-bond donors (Lipinski definition) is 3. The molecule has 2 rings (SSSR count). The van der Waals surface area contributed by atoms with Crippen molar-refractivity contribution in [3.05, 3.63) is 48.0 Å². The predicted octanol–water partition coefficient (Wildman–Crippen LogP) is 3.34. The number of hydrazine groups is 1. The van der Waals surface area contributed by atoms with Crippen LogP contribution in [0.1, 0.15) is 60.5 Å². The number of carbonyl (C=O) groups excluding carboxylic acids is 4. The summed E-state index contributed by atoms with van der Waals surface area (Å²) in [6, 6.07) is 11.4. The number of fused-ring (bicyclic) bond motifs is 1. The lowest BCUT2D eigenvalue weighted by Crippen LogP contribution is -2.57. The van der Waals surface area contributed by atoms with Crippen LogP contribution in [-0.2, 0) is 35.1 Å². The van der Waals surface area contributed by atoms with Gasteiger partial charge in [-0.1, -0.05) is 42.5 Å². The van der Waals surface area contributed by atoms with Gasteiger partial charge in [-0.25, -0.2) is 9.80 Å². The van der Waals surface area contributed by atoms with E-state index in [-0.39, 0.29) is 13.1 Å². The molecule has 0 heterocycles. The Bertz CT molecular complexity index is 1240. The van der Waals surface area contributed by atoms with Crippen LogP contribution in [0, 0.1) is 0 Å². The molecule has 12 nitrogen and oxygen atoms in total. The first-order valence-electron chi connectivity index (χ1n) is 15.1. The smallest absolute Gasteiger partial charge is 0.329 e. The fraction of sp³-hybridized carbons (Fsp3) is 0.562. The van der Waals surface area contributed by atoms with E-state index < -0.39 is 54.2 Å². The Kier molecular flexibility index (Phi) is 14.5. The Hall–Kier alpha value is -3.74. The average Bonchev–Trinajstić information content (AvgIpc) is 2.93. The van der Waals surface area contributed by atoms with Crippen molar-refractivity contribution in [1.29, 1.82) is 0 Å². The molecule has 0 radical (unpaired) electrons. The maximum absolute atomic E-state index is 14.4. The molecule has 0 saturated carbocycles. The third-order valence-electron chi connectivity index (χ3n) is 6.49. The topological polar surface area (TPSA) is 139 Å². The van der Waals surface area contributed by atoms with Gasteiger partial charge >= 0.3 is 12.0 Å². The molecule has 0 aliphatic carbocycles. The first kappa shape index (κ1) is 36.5. The maximum Gasteiger partial charge on any atom is 0.329 e. The molecule has 2 unspecified atom stereocenters. The Balaban J connectivity index is 2.47. The summed E-state index contributed by atoms with van der Waals surface area (Å²) in [6.45, 7) is 13.5. The third-order valence-corrected chi connectivity index (χ3v) is 6.49. The second kappa shape index (κ2) is 17.5. The molecule has 0 aliphatic heterocycles. The SMILES string of the molecule is CCNC(=O)NN(C)CC(=O)NC(CC(=O)OC(C)(C)C)C(=O)N(Cc1cccc2ccccc12)C(C)C(OCC)OCC. The lowest BCUT2D eigenvalue weighted by molar-refractivity contribution is -0.180. The van der Waals surface area contributed by atoms with E-state index in [1.54, 1.807) is 32.6 Å². The van der Waals surface area contributed by atoms with Crippen LogP contribution in [0.15, 0.2) is 42.5 Å². The molecular formula is C32H49N5O7. The van der Waals surface area contributed by atoms with E-state index in [0.29, 0.717) is 19.8 Å². The number of carbonyl (C=O) groups is 4. The fourth-order valence-corrected chi connectivity index (χ4v) is 4.66. The molecule has 0 aromatic heterocycles. The molecule has 2 aromatic carbocycles. The van der Waals surface area contributed by atoms with Crippen molar-refractivity contribution in [3.63, 3.8) is 0 Å². The van der Waals surface area contributed by atoms with Gasteiger partial charge in [-0.3, -0.25) is 19.8 Å². The molecule has 2 atom stereocenters. The summed E-state index contributed by atoms with van der Waals surface area (Å²) in [7, 11) is 1.52. The molecule has 0 fully saturated rings. The minimum atomic E-state index is -1.27. The summed E-state index contributed by atoms with van der Waals surface area (Å²) < 4.78 is 17.3. The molecule has 4 amide bonds. The fourth-order valence-electron chi connectivity index (χ4n) is 4.66. The van der Waals surface area contributed by atoms with E-state index in [2.05, 4.69) is 16.1 Å². The highest BCUT2D eigenvalue weighted by Gasteiger charge is 2.36. The monoisotopic (exact) mass is 615 g/mol. The van der Waals surface area contributed by atoms with Crippen LogP contribution in [0.2, 0.25) is 0 Å². The van der Waals surface area contributed by atoms with Gasteiger partial charge in [-0.2, -0.15) is 0 Å². The standard InChI is InChI=1S/C32H49N5O7/c1-9-33-31(41)35-36(8)21-27(38)34-26(19-28(39)44-32(5,6)7)29(40)37(22(4)30(42-10-2)43-11-3)20-24-17-14-16-23-15-12-13-18-25(23)24/h12-18,22,26,30H,9-11,19-21H2,1-8H3,(H,34,38)(H2,33,35,41). The van der Waals surface area contributed by atoms with Gasteiger partial charge in [0.25, 0.3) is 0 Å². The summed E-state index contributed by atoms with van der Waals surface area (Å²) in [5.74, 6) is -1.72. The lowest BCUT2D eigenvalue weighted by atomic mass is 10.0. The van der Waals surface area contributed by atoms with Crippen LogP contribution < -0.4 is 16.1 Å². The second-order valence-electron chi connectivity index (χ2n) is 11.4. The number of likely N-dealkylation sites (N-methyl/N-ethyl adjacent to an activating group) is 1.